The Kier molecular flexibility index (Phi) is 5.43. The molecular weight excluding hydrogens is 302 g/mol. The molecule has 0 radical (unpaired) electrons. The van der Waals surface area contributed by atoms with Crippen LogP contribution in [-0.2, 0) is 16.1 Å². The number of carbonyl (C=O) groups excluding carboxylic acids is 1. The third-order valence-corrected chi connectivity index (χ3v) is 4.34. The van der Waals surface area contributed by atoms with E-state index in [1.54, 1.807) is 12.4 Å². The fourth-order valence-electron chi connectivity index (χ4n) is 2.95. The summed E-state index contributed by atoms with van der Waals surface area (Å²) in [6.45, 7) is 2.31. The minimum absolute atomic E-state index is 0.119. The molecule has 0 saturated carbocycles. The fourth-order valence-corrected chi connectivity index (χ4v) is 2.95. The van der Waals surface area contributed by atoms with E-state index in [2.05, 4.69) is 17.1 Å². The molecule has 3 rings (SSSR count). The second-order valence-electron chi connectivity index (χ2n) is 6.09. The van der Waals surface area contributed by atoms with Crippen molar-refractivity contribution in [1.29, 1.82) is 0 Å². The molecule has 2 heterocycles. The summed E-state index contributed by atoms with van der Waals surface area (Å²) in [4.78, 5) is 20.9. The first-order chi connectivity index (χ1) is 11.7. The zero-order valence-corrected chi connectivity index (χ0v) is 14.0. The number of ether oxygens (including phenoxy) is 1. The number of hydrogen-bond donors (Lipinski definition) is 0. The smallest absolute Gasteiger partial charge is 0.242 e. The van der Waals surface area contributed by atoms with Gasteiger partial charge in [-0.15, -0.1) is 0 Å². The van der Waals surface area contributed by atoms with E-state index in [4.69, 9.17) is 4.74 Å². The van der Waals surface area contributed by atoms with Crippen molar-refractivity contribution in [3.63, 3.8) is 0 Å². The van der Waals surface area contributed by atoms with Crippen LogP contribution in [-0.4, -0.2) is 48.6 Å². The number of likely N-dealkylation sites (N-methyl/N-ethyl adjacent to an activating group) is 1. The minimum Gasteiger partial charge on any atom is -0.379 e. The van der Waals surface area contributed by atoms with Crippen molar-refractivity contribution in [2.75, 3.05) is 31.7 Å². The van der Waals surface area contributed by atoms with Gasteiger partial charge in [-0.2, -0.15) is 0 Å². The van der Waals surface area contributed by atoms with Crippen LogP contribution in [0.3, 0.4) is 0 Å². The molecule has 1 aromatic heterocycles. The van der Waals surface area contributed by atoms with Crippen LogP contribution >= 0.6 is 0 Å². The molecule has 1 saturated heterocycles. The number of pyridine rings is 1. The fraction of sp³-hybridized carbons (Fsp3) is 0.368. The van der Waals surface area contributed by atoms with Crippen LogP contribution in [0.5, 0.6) is 0 Å². The van der Waals surface area contributed by atoms with E-state index in [1.165, 1.54) is 0 Å². The standard InChI is InChI=1S/C19H23N3O2/c1-21(17-7-10-20-11-8-17)14-19(23)22(18-9-12-24-15-18)13-16-5-3-2-4-6-16/h2-8,10-11,18H,9,12-15H2,1H3. The summed E-state index contributed by atoms with van der Waals surface area (Å²) in [6.07, 6.45) is 4.38. The Balaban J connectivity index is 1.71. The van der Waals surface area contributed by atoms with Crippen molar-refractivity contribution in [3.8, 4) is 0 Å². The Bertz CT molecular complexity index is 642. The van der Waals surface area contributed by atoms with Crippen molar-refractivity contribution in [2.45, 2.75) is 19.0 Å². The van der Waals surface area contributed by atoms with Gasteiger partial charge in [0.05, 0.1) is 19.2 Å². The van der Waals surface area contributed by atoms with Gasteiger partial charge >= 0.3 is 0 Å². The number of aromatic nitrogens is 1. The van der Waals surface area contributed by atoms with E-state index in [0.29, 0.717) is 19.7 Å². The number of nitrogens with zero attached hydrogens (tertiary/aromatic N) is 3. The van der Waals surface area contributed by atoms with E-state index in [0.717, 1.165) is 24.3 Å². The number of rotatable bonds is 6. The minimum atomic E-state index is 0.119. The second kappa shape index (κ2) is 7.93. The molecular formula is C19H23N3O2. The molecule has 24 heavy (non-hydrogen) atoms. The Morgan fingerprint density at radius 2 is 1.96 bits per heavy atom. The number of carbonyl (C=O) groups is 1. The predicted octanol–water partition coefficient (Wildman–Crippen LogP) is 2.34. The van der Waals surface area contributed by atoms with Crippen molar-refractivity contribution in [1.82, 2.24) is 9.88 Å². The monoisotopic (exact) mass is 325 g/mol. The summed E-state index contributed by atoms with van der Waals surface area (Å²) in [5.74, 6) is 0.119. The van der Waals surface area contributed by atoms with Crippen LogP contribution in [0.2, 0.25) is 0 Å². The zero-order valence-electron chi connectivity index (χ0n) is 14.0. The second-order valence-corrected chi connectivity index (χ2v) is 6.09. The molecule has 1 aliphatic heterocycles. The number of hydrogen-bond acceptors (Lipinski definition) is 4. The van der Waals surface area contributed by atoms with Gasteiger partial charge in [0.1, 0.15) is 0 Å². The first kappa shape index (κ1) is 16.5. The molecule has 1 fully saturated rings. The first-order valence-corrected chi connectivity index (χ1v) is 8.26. The lowest BCUT2D eigenvalue weighted by atomic mass is 10.1. The average molecular weight is 325 g/mol. The molecule has 5 heteroatoms. The Labute approximate surface area is 142 Å². The topological polar surface area (TPSA) is 45.7 Å². The molecule has 1 aromatic carbocycles. The SMILES string of the molecule is CN(CC(=O)N(Cc1ccccc1)C1CCOC1)c1ccncc1. The van der Waals surface area contributed by atoms with Gasteiger partial charge in [-0.25, -0.2) is 0 Å². The molecule has 0 aliphatic carbocycles. The van der Waals surface area contributed by atoms with Gasteiger partial charge in [-0.05, 0) is 24.1 Å². The summed E-state index contributed by atoms with van der Waals surface area (Å²) in [5, 5.41) is 0. The lowest BCUT2D eigenvalue weighted by molar-refractivity contribution is -0.132. The van der Waals surface area contributed by atoms with Crippen LogP contribution in [0.4, 0.5) is 5.69 Å². The molecule has 0 bridgehead atoms. The van der Waals surface area contributed by atoms with Gasteiger partial charge in [0.25, 0.3) is 0 Å². The van der Waals surface area contributed by atoms with E-state index in [-0.39, 0.29) is 11.9 Å². The van der Waals surface area contributed by atoms with Crippen LogP contribution in [0, 0.1) is 0 Å². The third kappa shape index (κ3) is 4.11. The molecule has 1 atom stereocenters. The normalized spacial score (nSPS) is 16.8. The molecule has 2 aromatic rings. The van der Waals surface area contributed by atoms with Gasteiger partial charge in [-0.3, -0.25) is 9.78 Å². The van der Waals surface area contributed by atoms with Crippen molar-refractivity contribution in [3.05, 3.63) is 60.4 Å². The first-order valence-electron chi connectivity index (χ1n) is 8.26. The molecule has 1 amide bonds. The lowest BCUT2D eigenvalue weighted by Gasteiger charge is -2.30. The Hall–Kier alpha value is -2.40. The summed E-state index contributed by atoms with van der Waals surface area (Å²) >= 11 is 0. The van der Waals surface area contributed by atoms with Gasteiger partial charge in [0.2, 0.25) is 5.91 Å². The maximum atomic E-state index is 12.9. The van der Waals surface area contributed by atoms with E-state index < -0.39 is 0 Å². The van der Waals surface area contributed by atoms with Crippen molar-refractivity contribution in [2.24, 2.45) is 0 Å². The summed E-state index contributed by atoms with van der Waals surface area (Å²) in [6, 6.07) is 14.1. The highest BCUT2D eigenvalue weighted by atomic mass is 16.5. The number of anilines is 1. The van der Waals surface area contributed by atoms with Gasteiger partial charge in [-0.1, -0.05) is 30.3 Å². The summed E-state index contributed by atoms with van der Waals surface area (Å²) in [5.41, 5.74) is 2.13. The number of amides is 1. The molecule has 126 valence electrons. The van der Waals surface area contributed by atoms with Crippen molar-refractivity contribution >= 4 is 11.6 Å². The Morgan fingerprint density at radius 1 is 1.21 bits per heavy atom. The maximum Gasteiger partial charge on any atom is 0.242 e. The molecule has 1 aliphatic rings. The maximum absolute atomic E-state index is 12.9. The predicted molar refractivity (Wildman–Crippen MR) is 93.7 cm³/mol. The molecule has 5 nitrogen and oxygen atoms in total. The zero-order chi connectivity index (χ0) is 16.8. The summed E-state index contributed by atoms with van der Waals surface area (Å²) < 4.78 is 5.50. The average Bonchev–Trinajstić information content (AvgIpc) is 3.15. The largest absolute Gasteiger partial charge is 0.379 e. The highest BCUT2D eigenvalue weighted by Crippen LogP contribution is 2.18. The van der Waals surface area contributed by atoms with E-state index in [9.17, 15) is 4.79 Å². The van der Waals surface area contributed by atoms with Crippen LogP contribution in [0.1, 0.15) is 12.0 Å². The summed E-state index contributed by atoms with van der Waals surface area (Å²) in [7, 11) is 1.93. The third-order valence-electron chi connectivity index (χ3n) is 4.34. The highest BCUT2D eigenvalue weighted by Gasteiger charge is 2.28. The highest BCUT2D eigenvalue weighted by molar-refractivity contribution is 5.81. The lowest BCUT2D eigenvalue weighted by Crippen LogP contribution is -2.45. The van der Waals surface area contributed by atoms with Crippen LogP contribution < -0.4 is 4.90 Å². The van der Waals surface area contributed by atoms with Crippen molar-refractivity contribution < 1.29 is 9.53 Å². The number of benzene rings is 1. The van der Waals surface area contributed by atoms with E-state index >= 15 is 0 Å². The quantitative estimate of drug-likeness (QED) is 0.818. The molecule has 1 unspecified atom stereocenters. The van der Waals surface area contributed by atoms with Crippen LogP contribution in [0.25, 0.3) is 0 Å². The van der Waals surface area contributed by atoms with Gasteiger partial charge < -0.3 is 14.5 Å². The van der Waals surface area contributed by atoms with Crippen LogP contribution in [0.15, 0.2) is 54.9 Å². The van der Waals surface area contributed by atoms with Gasteiger partial charge in [0.15, 0.2) is 0 Å². The molecule has 0 N–H and O–H groups in total. The molecule has 0 spiro atoms. The van der Waals surface area contributed by atoms with Gasteiger partial charge in [0, 0.05) is 38.3 Å². The Morgan fingerprint density at radius 3 is 2.62 bits per heavy atom. The van der Waals surface area contributed by atoms with E-state index in [1.807, 2.05) is 47.2 Å².